The molecule has 3 heterocycles. The molecule has 9 heteroatoms. The van der Waals surface area contributed by atoms with Gasteiger partial charge in [0, 0.05) is 44.2 Å². The van der Waals surface area contributed by atoms with E-state index in [1.807, 2.05) is 54.6 Å². The van der Waals surface area contributed by atoms with Crippen molar-refractivity contribution in [2.75, 3.05) is 37.7 Å². The van der Waals surface area contributed by atoms with Crippen LogP contribution in [-0.2, 0) is 20.9 Å². The number of furan rings is 1. The number of carbonyl (C=O) groups is 3. The van der Waals surface area contributed by atoms with Gasteiger partial charge in [0.05, 0.1) is 29.4 Å². The maximum Gasteiger partial charge on any atom is 0.336 e. The second kappa shape index (κ2) is 12.0. The monoisotopic (exact) mass is 561 g/mol. The minimum Gasteiger partial charge on any atom is -0.463 e. The number of benzene rings is 2. The van der Waals surface area contributed by atoms with E-state index >= 15 is 0 Å². The van der Waals surface area contributed by atoms with Crippen LogP contribution in [0.4, 0.5) is 5.69 Å². The smallest absolute Gasteiger partial charge is 0.336 e. The first-order valence-corrected chi connectivity index (χ1v) is 13.9. The molecule has 2 amide bonds. The normalized spacial score (nSPS) is 17.8. The third-order valence-electron chi connectivity index (χ3n) is 7.47. The molecule has 1 fully saturated rings. The maximum atomic E-state index is 13.3. The van der Waals surface area contributed by atoms with Crippen molar-refractivity contribution in [1.29, 1.82) is 0 Å². The van der Waals surface area contributed by atoms with Crippen molar-refractivity contribution in [3.8, 4) is 0 Å². The van der Waals surface area contributed by atoms with Gasteiger partial charge in [-0.3, -0.25) is 9.59 Å². The van der Waals surface area contributed by atoms with Crippen LogP contribution in [-0.4, -0.2) is 60.4 Å². The summed E-state index contributed by atoms with van der Waals surface area (Å²) in [5.74, 6) is -0.454. The molecule has 2 aliphatic rings. The summed E-state index contributed by atoms with van der Waals surface area (Å²) in [6.07, 6.45) is 0.137. The van der Waals surface area contributed by atoms with Gasteiger partial charge < -0.3 is 23.9 Å². The first-order chi connectivity index (χ1) is 19.4. The molecular weight excluding hydrogens is 530 g/mol. The Labute approximate surface area is 238 Å². The fraction of sp³-hybridized carbons (Fsp3) is 0.323. The number of ether oxygens (including phenoxy) is 1. The van der Waals surface area contributed by atoms with Gasteiger partial charge in [-0.15, -0.1) is 0 Å². The SMILES string of the molecule is CCOC(=O)C1=C(C)N(Cc2ccc(C(=O)N3CCN(c4ccccc4Cl)CC3)o2)C(=O)CC1c1ccccc1. The second-order valence-electron chi connectivity index (χ2n) is 9.86. The van der Waals surface area contributed by atoms with Crippen LogP contribution in [0, 0.1) is 0 Å². The van der Waals surface area contributed by atoms with Gasteiger partial charge in [-0.2, -0.15) is 0 Å². The molecule has 208 valence electrons. The van der Waals surface area contributed by atoms with Crippen LogP contribution in [0.25, 0.3) is 0 Å². The summed E-state index contributed by atoms with van der Waals surface area (Å²) in [5.41, 5.74) is 2.84. The molecule has 0 aliphatic carbocycles. The Kier molecular flexibility index (Phi) is 8.26. The molecule has 3 aromatic rings. The summed E-state index contributed by atoms with van der Waals surface area (Å²) in [4.78, 5) is 44.9. The predicted octanol–water partition coefficient (Wildman–Crippen LogP) is 5.25. The van der Waals surface area contributed by atoms with Crippen molar-refractivity contribution >= 4 is 35.1 Å². The molecule has 8 nitrogen and oxygen atoms in total. The molecule has 0 saturated carbocycles. The third-order valence-corrected chi connectivity index (χ3v) is 7.79. The van der Waals surface area contributed by atoms with Crippen molar-refractivity contribution in [2.24, 2.45) is 0 Å². The van der Waals surface area contributed by atoms with E-state index in [2.05, 4.69) is 4.90 Å². The highest BCUT2D eigenvalue weighted by molar-refractivity contribution is 6.33. The molecule has 2 aromatic carbocycles. The van der Waals surface area contributed by atoms with E-state index in [9.17, 15) is 14.4 Å². The van der Waals surface area contributed by atoms with Crippen molar-refractivity contribution in [3.63, 3.8) is 0 Å². The summed E-state index contributed by atoms with van der Waals surface area (Å²) in [6, 6.07) is 20.6. The number of piperazine rings is 1. The van der Waals surface area contributed by atoms with Crippen LogP contribution in [0.3, 0.4) is 0 Å². The van der Waals surface area contributed by atoms with Crippen molar-refractivity contribution in [1.82, 2.24) is 9.80 Å². The summed E-state index contributed by atoms with van der Waals surface area (Å²) in [7, 11) is 0. The van der Waals surface area contributed by atoms with Crippen LogP contribution in [0.15, 0.2) is 82.4 Å². The molecule has 0 spiro atoms. The molecule has 2 aliphatic heterocycles. The first-order valence-electron chi connectivity index (χ1n) is 13.5. The van der Waals surface area contributed by atoms with Gasteiger partial charge in [-0.05, 0) is 43.7 Å². The van der Waals surface area contributed by atoms with Crippen LogP contribution in [0.2, 0.25) is 5.02 Å². The van der Waals surface area contributed by atoms with Gasteiger partial charge in [0.25, 0.3) is 5.91 Å². The zero-order valence-corrected chi connectivity index (χ0v) is 23.4. The number of halogens is 1. The van der Waals surface area contributed by atoms with Gasteiger partial charge in [-0.1, -0.05) is 54.1 Å². The molecule has 0 bridgehead atoms. The number of hydrogen-bond acceptors (Lipinski definition) is 6. The number of para-hydroxylation sites is 1. The van der Waals surface area contributed by atoms with E-state index in [0.29, 0.717) is 48.2 Å². The minimum atomic E-state index is -0.433. The van der Waals surface area contributed by atoms with E-state index in [1.54, 1.807) is 35.8 Å². The average Bonchev–Trinajstić information content (AvgIpc) is 3.44. The highest BCUT2D eigenvalue weighted by atomic mass is 35.5. The molecular formula is C31H32ClN3O5. The highest BCUT2D eigenvalue weighted by Gasteiger charge is 2.37. The van der Waals surface area contributed by atoms with Gasteiger partial charge in [0.1, 0.15) is 5.76 Å². The number of rotatable bonds is 7. The Morgan fingerprint density at radius 3 is 2.38 bits per heavy atom. The Balaban J connectivity index is 1.30. The summed E-state index contributed by atoms with van der Waals surface area (Å²) >= 11 is 6.34. The Morgan fingerprint density at radius 2 is 1.68 bits per heavy atom. The van der Waals surface area contributed by atoms with Crippen LogP contribution < -0.4 is 4.90 Å². The van der Waals surface area contributed by atoms with Crippen molar-refractivity contribution < 1.29 is 23.5 Å². The van der Waals surface area contributed by atoms with Gasteiger partial charge >= 0.3 is 5.97 Å². The summed E-state index contributed by atoms with van der Waals surface area (Å²) < 4.78 is 11.3. The number of amides is 2. The van der Waals surface area contributed by atoms with Crippen LogP contribution in [0.1, 0.15) is 48.1 Å². The van der Waals surface area contributed by atoms with Gasteiger partial charge in [0.15, 0.2) is 5.76 Å². The Bertz CT molecular complexity index is 1430. The lowest BCUT2D eigenvalue weighted by atomic mass is 9.83. The van der Waals surface area contributed by atoms with Crippen LogP contribution in [0.5, 0.6) is 0 Å². The fourth-order valence-electron chi connectivity index (χ4n) is 5.40. The Hall–Kier alpha value is -4.04. The van der Waals surface area contributed by atoms with E-state index in [-0.39, 0.29) is 43.1 Å². The highest BCUT2D eigenvalue weighted by Crippen LogP contribution is 2.37. The van der Waals surface area contributed by atoms with Crippen molar-refractivity contribution in [3.05, 3.63) is 100 Å². The lowest BCUT2D eigenvalue weighted by Gasteiger charge is -2.36. The number of anilines is 1. The molecule has 40 heavy (non-hydrogen) atoms. The van der Waals surface area contributed by atoms with E-state index < -0.39 is 5.97 Å². The molecule has 1 unspecified atom stereocenters. The van der Waals surface area contributed by atoms with E-state index in [4.69, 9.17) is 20.8 Å². The molecule has 0 radical (unpaired) electrons. The quantitative estimate of drug-likeness (QED) is 0.366. The molecule has 1 saturated heterocycles. The zero-order chi connectivity index (χ0) is 28.2. The number of carbonyl (C=O) groups excluding carboxylic acids is 3. The molecule has 1 atom stereocenters. The first kappa shape index (κ1) is 27.5. The predicted molar refractivity (Wildman–Crippen MR) is 152 cm³/mol. The molecule has 1 aromatic heterocycles. The van der Waals surface area contributed by atoms with E-state index in [1.165, 1.54) is 0 Å². The topological polar surface area (TPSA) is 83.3 Å². The number of esters is 1. The maximum absolute atomic E-state index is 13.3. The van der Waals surface area contributed by atoms with Crippen LogP contribution >= 0.6 is 11.6 Å². The second-order valence-corrected chi connectivity index (χ2v) is 10.3. The largest absolute Gasteiger partial charge is 0.463 e. The van der Waals surface area contributed by atoms with Crippen molar-refractivity contribution in [2.45, 2.75) is 32.7 Å². The lowest BCUT2D eigenvalue weighted by Crippen LogP contribution is -2.48. The Morgan fingerprint density at radius 1 is 0.975 bits per heavy atom. The summed E-state index contributed by atoms with van der Waals surface area (Å²) in [5, 5.41) is 0.691. The van der Waals surface area contributed by atoms with Gasteiger partial charge in [-0.25, -0.2) is 4.79 Å². The number of hydrogen-bond donors (Lipinski definition) is 0. The standard InChI is InChI=1S/C31H32ClN3O5/c1-3-39-31(38)29-21(2)35(28(36)19-24(29)22-9-5-4-6-10-22)20-23-13-14-27(40-23)30(37)34-17-15-33(16-18-34)26-12-8-7-11-25(26)32/h4-14,24H,3,15-20H2,1-2H3. The van der Waals surface area contributed by atoms with Gasteiger partial charge in [0.2, 0.25) is 5.91 Å². The number of nitrogens with zero attached hydrogens (tertiary/aromatic N) is 3. The summed E-state index contributed by atoms with van der Waals surface area (Å²) in [6.45, 7) is 6.27. The minimum absolute atomic E-state index is 0.114. The molecule has 5 rings (SSSR count). The average molecular weight is 562 g/mol. The lowest BCUT2D eigenvalue weighted by molar-refractivity contribution is -0.140. The number of allylic oxidation sites excluding steroid dienone is 1. The fourth-order valence-corrected chi connectivity index (χ4v) is 5.65. The van der Waals surface area contributed by atoms with E-state index in [0.717, 1.165) is 11.3 Å². The molecule has 0 N–H and O–H groups in total. The third kappa shape index (κ3) is 5.63. The zero-order valence-electron chi connectivity index (χ0n) is 22.6.